The molecule has 124 valence electrons. The molecule has 0 bridgehead atoms. The van der Waals surface area contributed by atoms with Crippen molar-refractivity contribution in [2.24, 2.45) is 4.99 Å². The van der Waals surface area contributed by atoms with E-state index in [9.17, 15) is 0 Å². The summed E-state index contributed by atoms with van der Waals surface area (Å²) in [4.78, 5) is 12.0. The van der Waals surface area contributed by atoms with Gasteiger partial charge in [-0.3, -0.25) is 9.98 Å². The van der Waals surface area contributed by atoms with Gasteiger partial charge in [0.2, 0.25) is 0 Å². The number of ether oxygens (including phenoxy) is 1. The van der Waals surface area contributed by atoms with E-state index in [0.29, 0.717) is 5.25 Å². The number of aryl methyl sites for hydroxylation is 1. The predicted molar refractivity (Wildman–Crippen MR) is 98.6 cm³/mol. The molecule has 0 N–H and O–H groups in total. The first-order valence-electron chi connectivity index (χ1n) is 8.24. The zero-order valence-corrected chi connectivity index (χ0v) is 15.0. The molecule has 3 atom stereocenters. The van der Waals surface area contributed by atoms with Gasteiger partial charge < -0.3 is 9.64 Å². The van der Waals surface area contributed by atoms with Crippen molar-refractivity contribution in [2.45, 2.75) is 31.2 Å². The second-order valence-electron chi connectivity index (χ2n) is 6.37. The maximum absolute atomic E-state index is 5.42. The van der Waals surface area contributed by atoms with Gasteiger partial charge in [0.1, 0.15) is 11.8 Å². The summed E-state index contributed by atoms with van der Waals surface area (Å²) in [6.45, 7) is 5.39. The first-order chi connectivity index (χ1) is 11.7. The summed E-state index contributed by atoms with van der Waals surface area (Å²) >= 11 is 1.87. The van der Waals surface area contributed by atoms with Crippen molar-refractivity contribution in [3.8, 4) is 5.75 Å². The maximum atomic E-state index is 5.42. The van der Waals surface area contributed by atoms with Crippen molar-refractivity contribution in [2.75, 3.05) is 13.7 Å². The second kappa shape index (κ2) is 6.13. The van der Waals surface area contributed by atoms with Crippen LogP contribution in [0.4, 0.5) is 0 Å². The van der Waals surface area contributed by atoms with E-state index < -0.39 is 0 Å². The van der Waals surface area contributed by atoms with Crippen LogP contribution in [0.1, 0.15) is 35.8 Å². The van der Waals surface area contributed by atoms with Crippen LogP contribution in [0.25, 0.3) is 0 Å². The van der Waals surface area contributed by atoms with Crippen molar-refractivity contribution in [1.29, 1.82) is 0 Å². The molecule has 2 aliphatic heterocycles. The van der Waals surface area contributed by atoms with E-state index in [1.54, 1.807) is 7.11 Å². The minimum atomic E-state index is 0.0500. The van der Waals surface area contributed by atoms with Crippen LogP contribution >= 0.6 is 11.8 Å². The minimum Gasteiger partial charge on any atom is -0.496 e. The van der Waals surface area contributed by atoms with E-state index >= 15 is 0 Å². The monoisotopic (exact) mass is 339 g/mol. The highest BCUT2D eigenvalue weighted by molar-refractivity contribution is 8.14. The molecule has 24 heavy (non-hydrogen) atoms. The standard InChI is InChI=1S/C19H21N3OS/c1-12-10-14(7-8-16(12)23-3)18-17(15-6-4-5-9-20-15)21-19-22(18)11-13(2)24-19/h4-10,13,17-18H,11H2,1-3H3/t13-,17+,18-/m0/s1. The zero-order valence-electron chi connectivity index (χ0n) is 14.1. The SMILES string of the molecule is COc1ccc([C@H]2[C@@H](c3ccccn3)N=C3S[C@@H](C)CN32)cc1C. The Balaban J connectivity index is 1.77. The maximum Gasteiger partial charge on any atom is 0.160 e. The van der Waals surface area contributed by atoms with Gasteiger partial charge in [-0.25, -0.2) is 0 Å². The molecule has 4 rings (SSSR count). The molecule has 1 saturated heterocycles. The van der Waals surface area contributed by atoms with E-state index in [2.05, 4.69) is 48.0 Å². The Bertz CT molecular complexity index is 777. The van der Waals surface area contributed by atoms with Crippen LogP contribution in [0.15, 0.2) is 47.6 Å². The molecule has 4 nitrogen and oxygen atoms in total. The van der Waals surface area contributed by atoms with Crippen LogP contribution in [-0.4, -0.2) is 34.0 Å². The zero-order chi connectivity index (χ0) is 16.7. The lowest BCUT2D eigenvalue weighted by Crippen LogP contribution is -2.28. The number of thioether (sulfide) groups is 1. The lowest BCUT2D eigenvalue weighted by Gasteiger charge is -2.27. The van der Waals surface area contributed by atoms with Gasteiger partial charge in [0.15, 0.2) is 5.17 Å². The molecular weight excluding hydrogens is 318 g/mol. The summed E-state index contributed by atoms with van der Waals surface area (Å²) in [6.07, 6.45) is 1.85. The number of aliphatic imine (C=N–C) groups is 1. The lowest BCUT2D eigenvalue weighted by molar-refractivity contribution is 0.320. The third-order valence-corrected chi connectivity index (χ3v) is 5.74. The Labute approximate surface area is 147 Å². The van der Waals surface area contributed by atoms with Gasteiger partial charge in [0.25, 0.3) is 0 Å². The molecule has 2 aromatic rings. The Hall–Kier alpha value is -2.01. The molecule has 0 unspecified atom stereocenters. The number of rotatable bonds is 3. The third kappa shape index (κ3) is 2.57. The average Bonchev–Trinajstić information content (AvgIpc) is 3.11. The topological polar surface area (TPSA) is 37.7 Å². The summed E-state index contributed by atoms with van der Waals surface area (Å²) in [5, 5.41) is 1.73. The Morgan fingerprint density at radius 1 is 1.25 bits per heavy atom. The molecular formula is C19H21N3OS. The number of pyridine rings is 1. The van der Waals surface area contributed by atoms with Gasteiger partial charge in [-0.15, -0.1) is 0 Å². The first-order valence-corrected chi connectivity index (χ1v) is 9.12. The summed E-state index contributed by atoms with van der Waals surface area (Å²) in [5.74, 6) is 0.927. The number of hydrogen-bond acceptors (Lipinski definition) is 5. The summed E-state index contributed by atoms with van der Waals surface area (Å²) in [7, 11) is 1.72. The molecule has 0 radical (unpaired) electrons. The Morgan fingerprint density at radius 3 is 2.83 bits per heavy atom. The van der Waals surface area contributed by atoms with E-state index in [1.165, 1.54) is 5.56 Å². The van der Waals surface area contributed by atoms with Crippen molar-refractivity contribution in [3.63, 3.8) is 0 Å². The third-order valence-electron chi connectivity index (χ3n) is 4.64. The van der Waals surface area contributed by atoms with Crippen molar-refractivity contribution in [1.82, 2.24) is 9.88 Å². The van der Waals surface area contributed by atoms with Gasteiger partial charge in [-0.2, -0.15) is 0 Å². The Morgan fingerprint density at radius 2 is 2.12 bits per heavy atom. The van der Waals surface area contributed by atoms with Gasteiger partial charge in [0, 0.05) is 18.0 Å². The fraction of sp³-hybridized carbons (Fsp3) is 0.368. The second-order valence-corrected chi connectivity index (χ2v) is 7.77. The molecule has 1 aromatic heterocycles. The van der Waals surface area contributed by atoms with Crippen LogP contribution in [0, 0.1) is 6.92 Å². The predicted octanol–water partition coefficient (Wildman–Crippen LogP) is 3.99. The van der Waals surface area contributed by atoms with Crippen molar-refractivity contribution in [3.05, 3.63) is 59.4 Å². The molecule has 0 amide bonds. The summed E-state index contributed by atoms with van der Waals surface area (Å²) in [5.41, 5.74) is 3.46. The molecule has 0 saturated carbocycles. The fourth-order valence-corrected chi connectivity index (χ4v) is 4.66. The van der Waals surface area contributed by atoms with Gasteiger partial charge in [-0.1, -0.05) is 36.9 Å². The molecule has 0 spiro atoms. The smallest absolute Gasteiger partial charge is 0.160 e. The normalized spacial score (nSPS) is 25.5. The number of methoxy groups -OCH3 is 1. The first kappa shape index (κ1) is 15.5. The van der Waals surface area contributed by atoms with E-state index in [4.69, 9.17) is 9.73 Å². The highest BCUT2D eigenvalue weighted by Crippen LogP contribution is 2.47. The van der Waals surface area contributed by atoms with Crippen molar-refractivity contribution < 1.29 is 4.74 Å². The summed E-state index contributed by atoms with van der Waals surface area (Å²) < 4.78 is 5.42. The molecule has 3 heterocycles. The average molecular weight is 339 g/mol. The Kier molecular flexibility index (Phi) is 3.96. The molecule has 5 heteroatoms. The quantitative estimate of drug-likeness (QED) is 0.847. The van der Waals surface area contributed by atoms with Crippen LogP contribution in [0.5, 0.6) is 5.75 Å². The van der Waals surface area contributed by atoms with Gasteiger partial charge in [0.05, 0.1) is 18.8 Å². The lowest BCUT2D eigenvalue weighted by atomic mass is 9.95. The highest BCUT2D eigenvalue weighted by atomic mass is 32.2. The molecule has 0 aliphatic carbocycles. The van der Waals surface area contributed by atoms with E-state index in [-0.39, 0.29) is 12.1 Å². The number of benzene rings is 1. The minimum absolute atomic E-state index is 0.0500. The largest absolute Gasteiger partial charge is 0.496 e. The van der Waals surface area contributed by atoms with Crippen LogP contribution in [-0.2, 0) is 0 Å². The number of nitrogens with zero attached hydrogens (tertiary/aromatic N) is 3. The van der Waals surface area contributed by atoms with E-state index in [1.807, 2.05) is 30.1 Å². The van der Waals surface area contributed by atoms with Crippen LogP contribution in [0.3, 0.4) is 0 Å². The number of aromatic nitrogens is 1. The summed E-state index contributed by atoms with van der Waals surface area (Å²) in [6, 6.07) is 12.8. The fourth-order valence-electron chi connectivity index (χ4n) is 3.56. The van der Waals surface area contributed by atoms with Crippen molar-refractivity contribution >= 4 is 16.9 Å². The number of hydrogen-bond donors (Lipinski definition) is 0. The molecule has 1 aromatic carbocycles. The highest BCUT2D eigenvalue weighted by Gasteiger charge is 2.43. The van der Waals surface area contributed by atoms with Crippen LogP contribution < -0.4 is 4.74 Å². The van der Waals surface area contributed by atoms with Crippen LogP contribution in [0.2, 0.25) is 0 Å². The number of amidine groups is 1. The van der Waals surface area contributed by atoms with Gasteiger partial charge in [-0.05, 0) is 36.2 Å². The molecule has 1 fully saturated rings. The van der Waals surface area contributed by atoms with E-state index in [0.717, 1.165) is 28.7 Å². The number of fused-ring (bicyclic) bond motifs is 1. The molecule has 2 aliphatic rings. The van der Waals surface area contributed by atoms with Gasteiger partial charge >= 0.3 is 0 Å².